The second-order valence-electron chi connectivity index (χ2n) is 3.97. The number of nitrogens with zero attached hydrogens (tertiary/aromatic N) is 1. The lowest BCUT2D eigenvalue weighted by Gasteiger charge is -2.06. The van der Waals surface area contributed by atoms with E-state index >= 15 is 0 Å². The molecule has 0 aliphatic carbocycles. The van der Waals surface area contributed by atoms with Crippen LogP contribution in [0.3, 0.4) is 0 Å². The van der Waals surface area contributed by atoms with Gasteiger partial charge in [0.25, 0.3) is 0 Å². The Morgan fingerprint density at radius 1 is 1.10 bits per heavy atom. The van der Waals surface area contributed by atoms with Crippen molar-refractivity contribution in [3.05, 3.63) is 44.2 Å². The van der Waals surface area contributed by atoms with Crippen molar-refractivity contribution in [1.29, 1.82) is 0 Å². The van der Waals surface area contributed by atoms with E-state index in [1.165, 1.54) is 11.3 Å². The Morgan fingerprint density at radius 3 is 2.40 bits per heavy atom. The second-order valence-corrected chi connectivity index (χ2v) is 7.25. The smallest absolute Gasteiger partial charge is 0.230 e. The normalized spacial score (nSPS) is 10.9. The molecule has 0 atom stereocenters. The van der Waals surface area contributed by atoms with E-state index in [9.17, 15) is 0 Å². The summed E-state index contributed by atoms with van der Waals surface area (Å²) in [4.78, 5) is 0.920. The molecular weight excluding hydrogens is 383 g/mol. The number of hydrogen-bond acceptors (Lipinski definition) is 4. The van der Waals surface area contributed by atoms with Crippen molar-refractivity contribution in [3.63, 3.8) is 0 Å². The summed E-state index contributed by atoms with van der Waals surface area (Å²) in [5, 5.41) is 5.04. The van der Waals surface area contributed by atoms with Crippen LogP contribution in [0.5, 0.6) is 0 Å². The summed E-state index contributed by atoms with van der Waals surface area (Å²) in [7, 11) is 0. The molecule has 0 amide bonds. The maximum Gasteiger partial charge on any atom is 0.230 e. The SMILES string of the molecule is Nc1onc(-c2ccc(Br)s2)c1-c1c(Cl)cccc1Cl. The lowest BCUT2D eigenvalue weighted by atomic mass is 10.0. The molecule has 0 aliphatic heterocycles. The number of anilines is 1. The zero-order valence-electron chi connectivity index (χ0n) is 9.86. The van der Waals surface area contributed by atoms with E-state index < -0.39 is 0 Å². The minimum Gasteiger partial charge on any atom is -0.367 e. The van der Waals surface area contributed by atoms with E-state index in [1.807, 2.05) is 12.1 Å². The Hall–Kier alpha value is -1.01. The number of benzene rings is 1. The number of aromatic nitrogens is 1. The number of hydrogen-bond donors (Lipinski definition) is 1. The molecule has 0 unspecified atom stereocenters. The Balaban J connectivity index is 2.27. The first-order chi connectivity index (χ1) is 9.58. The molecule has 0 radical (unpaired) electrons. The third-order valence-electron chi connectivity index (χ3n) is 2.74. The van der Waals surface area contributed by atoms with Crippen LogP contribution in [0.25, 0.3) is 21.7 Å². The molecule has 3 rings (SSSR count). The number of rotatable bonds is 2. The zero-order valence-corrected chi connectivity index (χ0v) is 13.8. The van der Waals surface area contributed by atoms with E-state index in [2.05, 4.69) is 21.1 Å². The summed E-state index contributed by atoms with van der Waals surface area (Å²) in [5.41, 5.74) is 7.79. The van der Waals surface area contributed by atoms with E-state index in [0.717, 1.165) is 8.66 Å². The highest BCUT2D eigenvalue weighted by Crippen LogP contribution is 2.45. The summed E-state index contributed by atoms with van der Waals surface area (Å²) < 4.78 is 6.12. The van der Waals surface area contributed by atoms with Crippen LogP contribution in [-0.2, 0) is 0 Å². The van der Waals surface area contributed by atoms with Crippen molar-refractivity contribution in [2.24, 2.45) is 0 Å². The van der Waals surface area contributed by atoms with Crippen LogP contribution in [0.15, 0.2) is 38.6 Å². The molecule has 1 aromatic carbocycles. The van der Waals surface area contributed by atoms with Gasteiger partial charge in [0.2, 0.25) is 5.88 Å². The number of nitrogen functional groups attached to an aromatic ring is 1. The molecule has 3 aromatic rings. The largest absolute Gasteiger partial charge is 0.367 e. The van der Waals surface area contributed by atoms with Gasteiger partial charge in [-0.1, -0.05) is 34.4 Å². The molecule has 2 aromatic heterocycles. The van der Waals surface area contributed by atoms with E-state index in [-0.39, 0.29) is 5.88 Å². The second kappa shape index (κ2) is 5.41. The topological polar surface area (TPSA) is 52.0 Å². The van der Waals surface area contributed by atoms with Crippen LogP contribution >= 0.6 is 50.5 Å². The number of halogens is 3. The molecule has 0 saturated heterocycles. The Morgan fingerprint density at radius 2 is 1.80 bits per heavy atom. The molecule has 3 nitrogen and oxygen atoms in total. The molecule has 20 heavy (non-hydrogen) atoms. The lowest BCUT2D eigenvalue weighted by Crippen LogP contribution is -1.89. The van der Waals surface area contributed by atoms with Gasteiger partial charge >= 0.3 is 0 Å². The molecule has 2 N–H and O–H groups in total. The fourth-order valence-electron chi connectivity index (χ4n) is 1.89. The van der Waals surface area contributed by atoms with Crippen molar-refractivity contribution in [2.45, 2.75) is 0 Å². The van der Waals surface area contributed by atoms with Gasteiger partial charge in [-0.3, -0.25) is 0 Å². The van der Waals surface area contributed by atoms with Crippen molar-refractivity contribution in [1.82, 2.24) is 5.16 Å². The van der Waals surface area contributed by atoms with Crippen molar-refractivity contribution >= 4 is 56.4 Å². The van der Waals surface area contributed by atoms with Crippen molar-refractivity contribution < 1.29 is 4.52 Å². The molecule has 0 aliphatic rings. The van der Waals surface area contributed by atoms with Crippen LogP contribution < -0.4 is 5.73 Å². The highest BCUT2D eigenvalue weighted by molar-refractivity contribution is 9.11. The summed E-state index contributed by atoms with van der Waals surface area (Å²) in [6.07, 6.45) is 0. The van der Waals surface area contributed by atoms with Crippen LogP contribution in [-0.4, -0.2) is 5.16 Å². The maximum absolute atomic E-state index is 6.24. The fraction of sp³-hybridized carbons (Fsp3) is 0. The highest BCUT2D eigenvalue weighted by atomic mass is 79.9. The average molecular weight is 390 g/mol. The van der Waals surface area contributed by atoms with Gasteiger partial charge in [-0.15, -0.1) is 11.3 Å². The molecular formula is C13H7BrCl2N2OS. The third kappa shape index (κ3) is 2.35. The molecule has 0 spiro atoms. The molecule has 2 heterocycles. The first-order valence-electron chi connectivity index (χ1n) is 5.53. The van der Waals surface area contributed by atoms with Gasteiger partial charge in [0.1, 0.15) is 5.69 Å². The highest BCUT2D eigenvalue weighted by Gasteiger charge is 2.22. The predicted octanol–water partition coefficient (Wildman–Crippen LogP) is 5.72. The van der Waals surface area contributed by atoms with Crippen LogP contribution in [0.1, 0.15) is 0 Å². The van der Waals surface area contributed by atoms with Crippen molar-refractivity contribution in [3.8, 4) is 21.7 Å². The molecule has 102 valence electrons. The fourth-order valence-corrected chi connectivity index (χ4v) is 3.85. The van der Waals surface area contributed by atoms with E-state index in [0.29, 0.717) is 26.9 Å². The maximum atomic E-state index is 6.24. The van der Waals surface area contributed by atoms with Gasteiger partial charge in [0.15, 0.2) is 0 Å². The van der Waals surface area contributed by atoms with E-state index in [4.69, 9.17) is 33.5 Å². The number of thiophene rings is 1. The van der Waals surface area contributed by atoms with Crippen LogP contribution in [0, 0.1) is 0 Å². The zero-order chi connectivity index (χ0) is 14.3. The van der Waals surface area contributed by atoms with Gasteiger partial charge in [-0.2, -0.15) is 0 Å². The predicted molar refractivity (Wildman–Crippen MR) is 87.4 cm³/mol. The summed E-state index contributed by atoms with van der Waals surface area (Å²) >= 11 is 17.4. The van der Waals surface area contributed by atoms with E-state index in [1.54, 1.807) is 18.2 Å². The summed E-state index contributed by atoms with van der Waals surface area (Å²) in [5.74, 6) is 0.194. The first-order valence-corrected chi connectivity index (χ1v) is 7.89. The van der Waals surface area contributed by atoms with Crippen LogP contribution in [0.2, 0.25) is 10.0 Å². The number of nitrogens with two attached hydrogens (primary N) is 1. The van der Waals surface area contributed by atoms with Gasteiger partial charge in [-0.25, -0.2) is 0 Å². The lowest BCUT2D eigenvalue weighted by molar-refractivity contribution is 0.439. The van der Waals surface area contributed by atoms with Crippen LogP contribution in [0.4, 0.5) is 5.88 Å². The molecule has 0 bridgehead atoms. The molecule has 0 fully saturated rings. The Kier molecular flexibility index (Phi) is 3.77. The Labute approximate surface area is 137 Å². The standard InChI is InChI=1S/C13H7BrCl2N2OS/c14-9-5-4-8(20-9)12-11(13(17)19-18-12)10-6(15)2-1-3-7(10)16/h1-5H,17H2. The summed E-state index contributed by atoms with van der Waals surface area (Å²) in [6, 6.07) is 9.15. The van der Waals surface area contributed by atoms with Gasteiger partial charge in [0.05, 0.1) is 24.3 Å². The molecule has 7 heteroatoms. The minimum atomic E-state index is 0.194. The third-order valence-corrected chi connectivity index (χ3v) is 5.00. The quantitative estimate of drug-likeness (QED) is 0.609. The molecule has 0 saturated carbocycles. The van der Waals surface area contributed by atoms with Crippen molar-refractivity contribution in [2.75, 3.05) is 5.73 Å². The van der Waals surface area contributed by atoms with Gasteiger partial charge in [-0.05, 0) is 40.2 Å². The first kappa shape index (κ1) is 13.9. The Bertz CT molecular complexity index is 764. The monoisotopic (exact) mass is 388 g/mol. The van der Waals surface area contributed by atoms with Gasteiger partial charge in [0, 0.05) is 5.56 Å². The summed E-state index contributed by atoms with van der Waals surface area (Å²) in [6.45, 7) is 0. The minimum absolute atomic E-state index is 0.194. The average Bonchev–Trinajstić information content (AvgIpc) is 2.97. The van der Waals surface area contributed by atoms with Gasteiger partial charge < -0.3 is 10.3 Å².